The standard InChI is InChI=1S/C30H39N5O5/c1-17(2)25-27(37)33-19(4)28(38)35-13-7-8-24(34-35)26(36)32-18(3)20-9-10-21-16-31-23(15-22(21)14-20)11-12-30(5,6)29(39)40-25/h9-12,14-19,24-25,34H,7-8,13H2,1-6H3,(H,32,36)(H,33,37)/b12-11+/t18-,19+,24+,25+/m1/s1. The molecule has 10 nitrogen and oxygen atoms in total. The Hall–Kier alpha value is -3.79. The van der Waals surface area contributed by atoms with E-state index >= 15 is 0 Å². The van der Waals surface area contributed by atoms with E-state index in [0.29, 0.717) is 25.1 Å². The van der Waals surface area contributed by atoms with Gasteiger partial charge in [0.1, 0.15) is 12.1 Å². The summed E-state index contributed by atoms with van der Waals surface area (Å²) in [7, 11) is 0. The lowest BCUT2D eigenvalue weighted by Gasteiger charge is -2.35. The predicted molar refractivity (Wildman–Crippen MR) is 151 cm³/mol. The molecule has 0 radical (unpaired) electrons. The van der Waals surface area contributed by atoms with Gasteiger partial charge < -0.3 is 15.4 Å². The Morgan fingerprint density at radius 1 is 1.00 bits per heavy atom. The summed E-state index contributed by atoms with van der Waals surface area (Å²) in [4.78, 5) is 57.2. The van der Waals surface area contributed by atoms with E-state index in [2.05, 4.69) is 21.0 Å². The van der Waals surface area contributed by atoms with Crippen LogP contribution in [0.4, 0.5) is 0 Å². The zero-order chi connectivity index (χ0) is 29.2. The zero-order valence-electron chi connectivity index (χ0n) is 24.0. The highest BCUT2D eigenvalue weighted by molar-refractivity contribution is 5.91. The van der Waals surface area contributed by atoms with E-state index in [1.165, 1.54) is 5.01 Å². The number of hydrazine groups is 1. The molecule has 3 N–H and O–H groups in total. The number of pyridine rings is 1. The number of fused-ring (bicyclic) bond motifs is 4. The van der Waals surface area contributed by atoms with E-state index in [1.807, 2.05) is 31.2 Å². The van der Waals surface area contributed by atoms with Crippen LogP contribution in [-0.2, 0) is 23.9 Å². The number of benzene rings is 1. The number of ether oxygens (including phenoxy) is 1. The molecule has 214 valence electrons. The van der Waals surface area contributed by atoms with Crippen LogP contribution >= 0.6 is 0 Å². The molecule has 0 spiro atoms. The van der Waals surface area contributed by atoms with E-state index < -0.39 is 35.5 Å². The van der Waals surface area contributed by atoms with Gasteiger partial charge in [-0.2, -0.15) is 0 Å². The van der Waals surface area contributed by atoms with Crippen molar-refractivity contribution in [2.24, 2.45) is 11.3 Å². The second-order valence-electron chi connectivity index (χ2n) is 11.6. The number of esters is 1. The summed E-state index contributed by atoms with van der Waals surface area (Å²) in [6, 6.07) is 6.09. The summed E-state index contributed by atoms with van der Waals surface area (Å²) in [5.74, 6) is -2.03. The number of nitrogens with one attached hydrogen (secondary N) is 3. The lowest BCUT2D eigenvalue weighted by Crippen LogP contribution is -2.61. The number of cyclic esters (lactones) is 1. The predicted octanol–water partition coefficient (Wildman–Crippen LogP) is 3.03. The van der Waals surface area contributed by atoms with Crippen LogP contribution in [0.3, 0.4) is 0 Å². The Morgan fingerprint density at radius 3 is 2.45 bits per heavy atom. The first-order valence-corrected chi connectivity index (χ1v) is 13.8. The van der Waals surface area contributed by atoms with Gasteiger partial charge in [-0.05, 0) is 75.6 Å². The maximum atomic E-state index is 13.2. The van der Waals surface area contributed by atoms with Crippen molar-refractivity contribution in [2.45, 2.75) is 78.6 Å². The highest BCUT2D eigenvalue weighted by Crippen LogP contribution is 2.25. The second-order valence-corrected chi connectivity index (χ2v) is 11.6. The topological polar surface area (TPSA) is 130 Å². The first-order chi connectivity index (χ1) is 18.9. The van der Waals surface area contributed by atoms with Crippen molar-refractivity contribution in [1.82, 2.24) is 26.1 Å². The van der Waals surface area contributed by atoms with Gasteiger partial charge in [0, 0.05) is 18.1 Å². The maximum absolute atomic E-state index is 13.2. The van der Waals surface area contributed by atoms with Crippen molar-refractivity contribution in [1.29, 1.82) is 0 Å². The minimum atomic E-state index is -1.09. The van der Waals surface area contributed by atoms with Crippen LogP contribution in [0.2, 0.25) is 0 Å². The lowest BCUT2D eigenvalue weighted by atomic mass is 9.92. The van der Waals surface area contributed by atoms with Crippen LogP contribution in [0.15, 0.2) is 36.5 Å². The van der Waals surface area contributed by atoms with Crippen LogP contribution in [0, 0.1) is 11.3 Å². The summed E-state index contributed by atoms with van der Waals surface area (Å²) in [5, 5.41) is 9.03. The SMILES string of the molecule is CC(C)[C@@H]1OC(=O)C(C)(C)/C=C/c2cc3cc(ccc3cn2)[C@@H](C)NC(=O)[C@@H]2CCCN(N2)C(=O)[C@H](C)NC1=O. The van der Waals surface area contributed by atoms with E-state index in [0.717, 1.165) is 16.3 Å². The second kappa shape index (κ2) is 11.8. The molecule has 4 atom stereocenters. The van der Waals surface area contributed by atoms with Crippen molar-refractivity contribution in [3.8, 4) is 0 Å². The monoisotopic (exact) mass is 549 g/mol. The molecule has 2 aliphatic rings. The molecule has 1 aromatic carbocycles. The number of carbonyl (C=O) groups excluding carboxylic acids is 4. The molecular weight excluding hydrogens is 510 g/mol. The Balaban J connectivity index is 1.70. The number of nitrogens with zero attached hydrogens (tertiary/aromatic N) is 2. The number of hydrogen-bond acceptors (Lipinski definition) is 7. The van der Waals surface area contributed by atoms with Gasteiger partial charge in [0.25, 0.3) is 11.8 Å². The summed E-state index contributed by atoms with van der Waals surface area (Å²) in [6.07, 6.45) is 5.35. The summed E-state index contributed by atoms with van der Waals surface area (Å²) in [5.41, 5.74) is 3.57. The van der Waals surface area contributed by atoms with E-state index in [-0.39, 0.29) is 23.8 Å². The van der Waals surface area contributed by atoms with Crippen molar-refractivity contribution in [3.63, 3.8) is 0 Å². The molecule has 10 heteroatoms. The van der Waals surface area contributed by atoms with E-state index in [1.54, 1.807) is 53.0 Å². The highest BCUT2D eigenvalue weighted by atomic mass is 16.5. The molecular formula is C30H39N5O5. The van der Waals surface area contributed by atoms with E-state index in [9.17, 15) is 19.2 Å². The van der Waals surface area contributed by atoms with Gasteiger partial charge in [0.15, 0.2) is 6.10 Å². The third kappa shape index (κ3) is 6.50. The van der Waals surface area contributed by atoms with Gasteiger partial charge in [-0.25, -0.2) is 5.43 Å². The van der Waals surface area contributed by atoms with Crippen molar-refractivity contribution in [3.05, 3.63) is 47.8 Å². The van der Waals surface area contributed by atoms with Crippen molar-refractivity contribution < 1.29 is 23.9 Å². The van der Waals surface area contributed by atoms with Gasteiger partial charge in [-0.15, -0.1) is 0 Å². The summed E-state index contributed by atoms with van der Waals surface area (Å²) in [6.45, 7) is 10.9. The fourth-order valence-electron chi connectivity index (χ4n) is 4.78. The normalized spacial score (nSPS) is 27.2. The Labute approximate surface area is 234 Å². The number of carbonyl (C=O) groups is 4. The number of aromatic nitrogens is 1. The molecule has 1 fully saturated rings. The molecule has 1 aromatic heterocycles. The summed E-state index contributed by atoms with van der Waals surface area (Å²) < 4.78 is 5.69. The quantitative estimate of drug-likeness (QED) is 0.466. The fraction of sp³-hybridized carbons (Fsp3) is 0.500. The zero-order valence-corrected chi connectivity index (χ0v) is 24.0. The largest absolute Gasteiger partial charge is 0.451 e. The molecule has 2 aromatic rings. The average molecular weight is 550 g/mol. The Bertz CT molecular complexity index is 1340. The van der Waals surface area contributed by atoms with Crippen molar-refractivity contribution in [2.75, 3.05) is 6.54 Å². The van der Waals surface area contributed by atoms with Gasteiger partial charge in [-0.3, -0.25) is 29.2 Å². The number of rotatable bonds is 1. The third-order valence-electron chi connectivity index (χ3n) is 7.42. The van der Waals surface area contributed by atoms with Gasteiger partial charge in [0.2, 0.25) is 5.91 Å². The van der Waals surface area contributed by atoms with Gasteiger partial charge in [0.05, 0.1) is 17.2 Å². The molecule has 0 unspecified atom stereocenters. The molecule has 2 aliphatic heterocycles. The van der Waals surface area contributed by atoms with Crippen LogP contribution in [0.25, 0.3) is 16.8 Å². The highest BCUT2D eigenvalue weighted by Gasteiger charge is 2.36. The molecule has 3 heterocycles. The molecule has 1 saturated heterocycles. The molecule has 3 amide bonds. The average Bonchev–Trinajstić information content (AvgIpc) is 2.92. The van der Waals surface area contributed by atoms with Crippen molar-refractivity contribution >= 4 is 40.5 Å². The summed E-state index contributed by atoms with van der Waals surface area (Å²) >= 11 is 0. The van der Waals surface area contributed by atoms with Gasteiger partial charge >= 0.3 is 5.97 Å². The van der Waals surface area contributed by atoms with Crippen LogP contribution < -0.4 is 16.1 Å². The maximum Gasteiger partial charge on any atom is 0.316 e. The van der Waals surface area contributed by atoms with Crippen LogP contribution in [0.5, 0.6) is 0 Å². The third-order valence-corrected chi connectivity index (χ3v) is 7.42. The minimum absolute atomic E-state index is 0.208. The smallest absolute Gasteiger partial charge is 0.316 e. The van der Waals surface area contributed by atoms with E-state index in [4.69, 9.17) is 4.74 Å². The fourth-order valence-corrected chi connectivity index (χ4v) is 4.78. The number of amides is 3. The molecule has 0 aliphatic carbocycles. The Morgan fingerprint density at radius 2 is 1.73 bits per heavy atom. The number of hydrogen-bond donors (Lipinski definition) is 3. The minimum Gasteiger partial charge on any atom is -0.451 e. The molecule has 5 bridgehead atoms. The Kier molecular flexibility index (Phi) is 8.58. The molecule has 0 saturated carbocycles. The lowest BCUT2D eigenvalue weighted by molar-refractivity contribution is -0.165. The first-order valence-electron chi connectivity index (χ1n) is 13.8. The molecule has 4 rings (SSSR count). The first kappa shape index (κ1) is 29.2. The van der Waals surface area contributed by atoms with Crippen LogP contribution in [0.1, 0.15) is 71.7 Å². The molecule has 40 heavy (non-hydrogen) atoms. The van der Waals surface area contributed by atoms with Crippen LogP contribution in [-0.4, -0.2) is 58.4 Å². The van der Waals surface area contributed by atoms with Gasteiger partial charge in [-0.1, -0.05) is 32.1 Å².